The quantitative estimate of drug-likeness (QED) is 0.0955. The van der Waals surface area contributed by atoms with Gasteiger partial charge < -0.3 is 36.3 Å². The van der Waals surface area contributed by atoms with Crippen LogP contribution in [0.3, 0.4) is 0 Å². The van der Waals surface area contributed by atoms with E-state index >= 15 is 0 Å². The molecule has 0 aliphatic rings. The van der Waals surface area contributed by atoms with Crippen molar-refractivity contribution in [3.63, 3.8) is 0 Å². The number of anilines is 1. The Morgan fingerprint density at radius 3 is 2.36 bits per heavy atom. The van der Waals surface area contributed by atoms with E-state index in [0.29, 0.717) is 17.7 Å². The summed E-state index contributed by atoms with van der Waals surface area (Å²) in [5.41, 5.74) is 6.09. The second-order valence-electron chi connectivity index (χ2n) is 8.61. The molecule has 1 rings (SSSR count). The number of hydrogen-bond donors (Lipinski definition) is 5. The molecule has 0 bridgehead atoms. The summed E-state index contributed by atoms with van der Waals surface area (Å²) in [7, 11) is -0.0220. The second kappa shape index (κ2) is 17.6. The maximum absolute atomic E-state index is 13.1. The number of hydrogen-bond acceptors (Lipinski definition) is 8. The number of urea groups is 1. The van der Waals surface area contributed by atoms with Gasteiger partial charge in [0.15, 0.2) is 0 Å². The molecule has 1 aromatic rings. The van der Waals surface area contributed by atoms with Gasteiger partial charge in [0.2, 0.25) is 17.7 Å². The maximum Gasteiger partial charge on any atom is 0.518 e. The molecule has 6 N–H and O–H groups in total. The lowest BCUT2D eigenvalue weighted by Crippen LogP contribution is -2.54. The first-order valence-electron chi connectivity index (χ1n) is 12.0. The summed E-state index contributed by atoms with van der Waals surface area (Å²) in [5, 5.41) is 19.5. The highest BCUT2D eigenvalue weighted by atomic mass is 32.0. The maximum atomic E-state index is 13.1. The van der Waals surface area contributed by atoms with Gasteiger partial charge in [-0.05, 0) is 45.4 Å². The van der Waals surface area contributed by atoms with Gasteiger partial charge in [-0.25, -0.2) is 9.59 Å². The van der Waals surface area contributed by atoms with Crippen LogP contribution in [0.2, 0.25) is 0 Å². The molecule has 15 heteroatoms. The summed E-state index contributed by atoms with van der Waals surface area (Å²) in [6.07, 6.45) is 4.98. The van der Waals surface area contributed by atoms with Crippen LogP contribution in [0.5, 0.6) is 0 Å². The monoisotopic (exact) mass is 580 g/mol. The van der Waals surface area contributed by atoms with Crippen molar-refractivity contribution in [2.45, 2.75) is 58.2 Å². The van der Waals surface area contributed by atoms with E-state index in [2.05, 4.69) is 31.7 Å². The molecule has 0 aliphatic heterocycles. The van der Waals surface area contributed by atoms with E-state index in [1.807, 2.05) is 8.93 Å². The third-order valence-corrected chi connectivity index (χ3v) is 5.76. The Kier molecular flexibility index (Phi) is 15.0. The lowest BCUT2D eigenvalue weighted by atomic mass is 10.0. The zero-order valence-electron chi connectivity index (χ0n) is 21.8. The first kappa shape index (κ1) is 33.2. The lowest BCUT2D eigenvalue weighted by molar-refractivity contribution is -0.132. The van der Waals surface area contributed by atoms with E-state index < -0.39 is 43.6 Å². The number of nitrogens with one attached hydrogen (secondary N) is 4. The highest BCUT2D eigenvalue weighted by molar-refractivity contribution is 8.03. The molecule has 212 valence electrons. The molecule has 0 spiro atoms. The van der Waals surface area contributed by atoms with E-state index in [4.69, 9.17) is 21.9 Å². The predicted molar refractivity (Wildman–Crippen MR) is 148 cm³/mol. The first-order valence-corrected chi connectivity index (χ1v) is 14.8. The number of nitrogens with zero attached hydrogens (tertiary/aromatic N) is 1. The fraction of sp³-hybridized carbons (Fsp3) is 0.458. The molecule has 2 unspecified atom stereocenters. The van der Waals surface area contributed by atoms with Crippen molar-refractivity contribution in [2.24, 2.45) is 11.7 Å². The van der Waals surface area contributed by atoms with E-state index in [1.54, 1.807) is 38.1 Å². The zero-order valence-corrected chi connectivity index (χ0v) is 23.8. The second-order valence-corrected chi connectivity index (χ2v) is 10.7. The van der Waals surface area contributed by atoms with Crippen LogP contribution in [-0.4, -0.2) is 48.5 Å². The highest BCUT2D eigenvalue weighted by Crippen LogP contribution is 2.29. The van der Waals surface area contributed by atoms with Crippen molar-refractivity contribution in [1.29, 1.82) is 5.00 Å². The van der Waals surface area contributed by atoms with Crippen LogP contribution in [0.25, 0.3) is 0 Å². The van der Waals surface area contributed by atoms with Crippen molar-refractivity contribution in [3.8, 4) is 12.3 Å². The number of amides is 5. The summed E-state index contributed by atoms with van der Waals surface area (Å²) < 4.78 is 9.37. The molecule has 1 aromatic carbocycles. The van der Waals surface area contributed by atoms with E-state index in [1.165, 1.54) is 0 Å². The standard InChI is InChI=1S/C24H34N6O7P2/c1-4-5-8-19(31)30-20(15(2)3)22(33)29-18(7-6-13-27-23(25)34)21(32)28-17-11-9-16(10-12-17)14-36-24(35)37-39(26)38/h1,9-12,15,18,20H,5-8,13-14,38H2,2-3H3,(H,28,32)(H,29,33)(H,30,31)(H3,25,27,34)/t18-,20-/m0/s1. The number of carbonyl (C=O) groups excluding carboxylic acids is 5. The van der Waals surface area contributed by atoms with Gasteiger partial charge in [-0.1, -0.05) is 26.0 Å². The lowest BCUT2D eigenvalue weighted by Gasteiger charge is -2.25. The normalized spacial score (nSPS) is 12.2. The average molecular weight is 581 g/mol. The Balaban J connectivity index is 2.89. The fourth-order valence-electron chi connectivity index (χ4n) is 3.17. The Bertz CT molecular complexity index is 1130. The van der Waals surface area contributed by atoms with Gasteiger partial charge in [0.25, 0.3) is 7.47 Å². The van der Waals surface area contributed by atoms with Gasteiger partial charge in [-0.2, -0.15) is 5.00 Å². The summed E-state index contributed by atoms with van der Waals surface area (Å²) in [6, 6.07) is 3.77. The van der Waals surface area contributed by atoms with Crippen LogP contribution in [0.1, 0.15) is 45.1 Å². The van der Waals surface area contributed by atoms with Gasteiger partial charge in [-0.3, -0.25) is 14.4 Å². The molecular weight excluding hydrogens is 546 g/mol. The summed E-state index contributed by atoms with van der Waals surface area (Å²) in [5.74, 6) is 0.657. The molecule has 0 aliphatic carbocycles. The van der Waals surface area contributed by atoms with Crippen LogP contribution < -0.4 is 27.0 Å². The van der Waals surface area contributed by atoms with Gasteiger partial charge in [0, 0.05) is 25.1 Å². The zero-order chi connectivity index (χ0) is 29.4. The molecule has 39 heavy (non-hydrogen) atoms. The number of nitrogens with two attached hydrogens (primary N) is 1. The number of rotatable bonds is 14. The van der Waals surface area contributed by atoms with Crippen molar-refractivity contribution >= 4 is 52.0 Å². The van der Waals surface area contributed by atoms with Gasteiger partial charge in [0.1, 0.15) is 18.7 Å². The minimum absolute atomic E-state index is 0.0678. The largest absolute Gasteiger partial charge is 0.518 e. The van der Waals surface area contributed by atoms with Crippen LogP contribution in [-0.2, 0) is 30.3 Å². The molecule has 0 saturated carbocycles. The fourth-order valence-corrected chi connectivity index (χ4v) is 3.64. The molecule has 0 radical (unpaired) electrons. The van der Waals surface area contributed by atoms with Crippen molar-refractivity contribution in [1.82, 2.24) is 16.0 Å². The average Bonchev–Trinajstić information content (AvgIpc) is 2.86. The molecule has 5 amide bonds. The Labute approximate surface area is 230 Å². The smallest absolute Gasteiger partial charge is 0.429 e. The number of carbonyl (C=O) groups is 5. The van der Waals surface area contributed by atoms with Gasteiger partial charge in [0.05, 0.1) is 0 Å². The van der Waals surface area contributed by atoms with Crippen LogP contribution >= 0.6 is 16.4 Å². The molecule has 0 fully saturated rings. The van der Waals surface area contributed by atoms with Crippen molar-refractivity contribution < 1.29 is 33.2 Å². The molecule has 13 nitrogen and oxygen atoms in total. The minimum Gasteiger partial charge on any atom is -0.429 e. The summed E-state index contributed by atoms with van der Waals surface area (Å²) in [4.78, 5) is 60.6. The number of primary amides is 1. The molecular formula is C24H34N6O7P2. The Morgan fingerprint density at radius 2 is 1.79 bits per heavy atom. The number of terminal acetylenes is 1. The summed E-state index contributed by atoms with van der Waals surface area (Å²) in [6.45, 7) is 3.59. The van der Waals surface area contributed by atoms with E-state index in [9.17, 15) is 24.0 Å². The summed E-state index contributed by atoms with van der Waals surface area (Å²) >= 11 is 0. The number of benzene rings is 1. The topological polar surface area (TPSA) is 202 Å². The molecule has 4 atom stereocenters. The van der Waals surface area contributed by atoms with Gasteiger partial charge >= 0.3 is 12.2 Å². The molecule has 0 heterocycles. The third kappa shape index (κ3) is 14.0. The highest BCUT2D eigenvalue weighted by Gasteiger charge is 2.28. The van der Waals surface area contributed by atoms with Crippen LogP contribution in [0.4, 0.5) is 15.3 Å². The molecule has 0 aromatic heterocycles. The third-order valence-electron chi connectivity index (χ3n) is 5.11. The van der Waals surface area contributed by atoms with E-state index in [-0.39, 0.29) is 44.2 Å². The minimum atomic E-state index is -1.96. The first-order chi connectivity index (χ1) is 18.4. The van der Waals surface area contributed by atoms with Crippen LogP contribution in [0.15, 0.2) is 24.3 Å². The predicted octanol–water partition coefficient (Wildman–Crippen LogP) is 2.43. The Hall–Kier alpha value is -3.83. The molecule has 0 saturated heterocycles. The van der Waals surface area contributed by atoms with Crippen molar-refractivity contribution in [2.75, 3.05) is 11.9 Å². The van der Waals surface area contributed by atoms with Crippen LogP contribution in [0, 0.1) is 23.3 Å². The Morgan fingerprint density at radius 1 is 1.13 bits per heavy atom. The SMILES string of the molecule is C#CCCC(=O)N[C@H](C(=O)N[C@@H](CCCNC(N)=O)C(=O)Nc1ccc(COC(=O)OP(#N)P)cc1)C(C)C. The van der Waals surface area contributed by atoms with E-state index in [0.717, 1.165) is 0 Å². The number of ether oxygens (including phenoxy) is 1. The van der Waals surface area contributed by atoms with Crippen molar-refractivity contribution in [3.05, 3.63) is 29.8 Å². The van der Waals surface area contributed by atoms with Gasteiger partial charge in [-0.15, -0.1) is 12.3 Å².